The van der Waals surface area contributed by atoms with Crippen LogP contribution in [0.1, 0.15) is 16.7 Å². The van der Waals surface area contributed by atoms with Crippen molar-refractivity contribution in [2.24, 2.45) is 0 Å². The number of aromatic nitrogens is 2. The first-order valence-corrected chi connectivity index (χ1v) is 7.15. The summed E-state index contributed by atoms with van der Waals surface area (Å²) in [5.74, 6) is 0. The van der Waals surface area contributed by atoms with E-state index in [0.717, 1.165) is 16.7 Å². The Hall–Kier alpha value is -2.26. The summed E-state index contributed by atoms with van der Waals surface area (Å²) in [4.78, 5) is 12.4. The number of aromatic amines is 1. The first-order valence-electron chi connectivity index (χ1n) is 6.78. The predicted octanol–water partition coefficient (Wildman–Crippen LogP) is 3.47. The second-order valence-electron chi connectivity index (χ2n) is 4.98. The van der Waals surface area contributed by atoms with Gasteiger partial charge in [-0.2, -0.15) is 0 Å². The Kier molecular flexibility index (Phi) is 3.93. The Morgan fingerprint density at radius 2 is 1.67 bits per heavy atom. The number of nitrogens with zero attached hydrogens (tertiary/aromatic N) is 1. The molecule has 0 amide bonds. The maximum Gasteiger partial charge on any atom is 0.270 e. The summed E-state index contributed by atoms with van der Waals surface area (Å²) in [5.41, 5.74) is 2.96. The zero-order valence-electron chi connectivity index (χ0n) is 11.4. The average Bonchev–Trinajstić information content (AvgIpc) is 2.84. The summed E-state index contributed by atoms with van der Waals surface area (Å²) in [5, 5.41) is 3.73. The second-order valence-corrected chi connectivity index (χ2v) is 5.42. The van der Waals surface area contributed by atoms with Crippen molar-refractivity contribution in [1.29, 1.82) is 0 Å². The fraction of sp³-hybridized carbons (Fsp3) is 0.118. The van der Waals surface area contributed by atoms with Crippen molar-refractivity contribution in [1.82, 2.24) is 9.78 Å². The monoisotopic (exact) mass is 298 g/mol. The highest BCUT2D eigenvalue weighted by Crippen LogP contribution is 2.10. The van der Waals surface area contributed by atoms with E-state index < -0.39 is 0 Å². The van der Waals surface area contributed by atoms with Crippen LogP contribution in [0.5, 0.6) is 0 Å². The molecule has 1 aromatic heterocycles. The second kappa shape index (κ2) is 6.02. The molecule has 0 spiro atoms. The van der Waals surface area contributed by atoms with E-state index in [4.69, 9.17) is 11.6 Å². The van der Waals surface area contributed by atoms with Gasteiger partial charge in [0.1, 0.15) is 0 Å². The summed E-state index contributed by atoms with van der Waals surface area (Å²) >= 11 is 5.86. The van der Waals surface area contributed by atoms with Gasteiger partial charge in [-0.05, 0) is 23.3 Å². The molecule has 3 nitrogen and oxygen atoms in total. The largest absolute Gasteiger partial charge is 0.302 e. The Balaban J connectivity index is 1.79. The highest BCUT2D eigenvalue weighted by Gasteiger charge is 2.07. The molecule has 0 fully saturated rings. The van der Waals surface area contributed by atoms with Crippen LogP contribution in [0.2, 0.25) is 5.02 Å². The first kappa shape index (κ1) is 13.7. The third-order valence-corrected chi connectivity index (χ3v) is 3.66. The highest BCUT2D eigenvalue weighted by molar-refractivity contribution is 6.30. The molecular formula is C17H15ClN2O. The molecule has 0 aliphatic heterocycles. The summed E-state index contributed by atoms with van der Waals surface area (Å²) < 4.78 is 1.61. The molecule has 2 aromatic carbocycles. The van der Waals surface area contributed by atoms with Crippen molar-refractivity contribution >= 4 is 11.6 Å². The summed E-state index contributed by atoms with van der Waals surface area (Å²) in [6.07, 6.45) is 2.43. The van der Waals surface area contributed by atoms with Crippen LogP contribution < -0.4 is 5.56 Å². The number of nitrogens with one attached hydrogen (secondary N) is 1. The maximum atomic E-state index is 12.4. The molecule has 3 aromatic rings. The Bertz CT molecular complexity index is 773. The van der Waals surface area contributed by atoms with E-state index in [2.05, 4.69) is 5.10 Å². The van der Waals surface area contributed by atoms with Crippen molar-refractivity contribution in [3.05, 3.63) is 92.9 Å². The molecule has 0 saturated carbocycles. The van der Waals surface area contributed by atoms with E-state index in [1.165, 1.54) is 0 Å². The van der Waals surface area contributed by atoms with E-state index in [1.54, 1.807) is 10.9 Å². The SMILES string of the molecule is O=c1c(Cc2ccccc2)c[nH]n1Cc1ccc(Cl)cc1. The molecule has 3 rings (SSSR count). The smallest absolute Gasteiger partial charge is 0.270 e. The molecule has 0 aliphatic carbocycles. The number of halogens is 1. The molecule has 21 heavy (non-hydrogen) atoms. The van der Waals surface area contributed by atoms with Gasteiger partial charge in [-0.25, -0.2) is 4.68 Å². The van der Waals surface area contributed by atoms with Gasteiger partial charge >= 0.3 is 0 Å². The molecular weight excluding hydrogens is 284 g/mol. The van der Waals surface area contributed by atoms with Crippen molar-refractivity contribution in [2.45, 2.75) is 13.0 Å². The molecule has 0 bridgehead atoms. The van der Waals surface area contributed by atoms with E-state index >= 15 is 0 Å². The van der Waals surface area contributed by atoms with Crippen molar-refractivity contribution in [3.63, 3.8) is 0 Å². The maximum absolute atomic E-state index is 12.4. The number of hydrogen-bond acceptors (Lipinski definition) is 1. The first-order chi connectivity index (χ1) is 10.2. The highest BCUT2D eigenvalue weighted by atomic mass is 35.5. The molecule has 1 N–H and O–H groups in total. The van der Waals surface area contributed by atoms with Gasteiger partial charge in [0.25, 0.3) is 5.56 Å². The minimum absolute atomic E-state index is 0.0220. The minimum Gasteiger partial charge on any atom is -0.302 e. The van der Waals surface area contributed by atoms with Gasteiger partial charge in [-0.3, -0.25) is 4.79 Å². The van der Waals surface area contributed by atoms with Gasteiger partial charge in [0.05, 0.1) is 6.54 Å². The summed E-state index contributed by atoms with van der Waals surface area (Å²) in [7, 11) is 0. The fourth-order valence-electron chi connectivity index (χ4n) is 2.28. The van der Waals surface area contributed by atoms with Crippen LogP contribution in [0.3, 0.4) is 0 Å². The molecule has 0 atom stereocenters. The van der Waals surface area contributed by atoms with Crippen molar-refractivity contribution < 1.29 is 0 Å². The molecule has 0 saturated heterocycles. The molecule has 0 radical (unpaired) electrons. The van der Waals surface area contributed by atoms with Gasteiger partial charge in [-0.1, -0.05) is 54.1 Å². The number of benzene rings is 2. The van der Waals surface area contributed by atoms with Gasteiger partial charge in [0.2, 0.25) is 0 Å². The third-order valence-electron chi connectivity index (χ3n) is 3.41. The Morgan fingerprint density at radius 1 is 0.952 bits per heavy atom. The van der Waals surface area contributed by atoms with Crippen LogP contribution in [0, 0.1) is 0 Å². The van der Waals surface area contributed by atoms with E-state index in [1.807, 2.05) is 54.6 Å². The normalized spacial score (nSPS) is 10.7. The molecule has 0 unspecified atom stereocenters. The van der Waals surface area contributed by atoms with Gasteiger partial charge in [-0.15, -0.1) is 0 Å². The molecule has 1 heterocycles. The summed E-state index contributed by atoms with van der Waals surface area (Å²) in [6.45, 7) is 0.519. The van der Waals surface area contributed by atoms with Gasteiger partial charge in [0, 0.05) is 23.2 Å². The van der Waals surface area contributed by atoms with Crippen LogP contribution in [0.15, 0.2) is 65.6 Å². The lowest BCUT2D eigenvalue weighted by atomic mass is 10.1. The third kappa shape index (κ3) is 3.26. The standard InChI is InChI=1S/C17H15ClN2O/c18-16-8-6-14(7-9-16)12-20-17(21)15(11-19-20)10-13-4-2-1-3-5-13/h1-9,11,19H,10,12H2. The minimum atomic E-state index is 0.0220. The van der Waals surface area contributed by atoms with E-state index in [9.17, 15) is 4.79 Å². The van der Waals surface area contributed by atoms with Gasteiger partial charge < -0.3 is 5.10 Å². The molecule has 106 valence electrons. The summed E-state index contributed by atoms with van der Waals surface area (Å²) in [6, 6.07) is 17.5. The van der Waals surface area contributed by atoms with Crippen molar-refractivity contribution in [2.75, 3.05) is 0 Å². The number of rotatable bonds is 4. The van der Waals surface area contributed by atoms with Crippen LogP contribution in [0.25, 0.3) is 0 Å². The zero-order valence-corrected chi connectivity index (χ0v) is 12.2. The lowest BCUT2D eigenvalue weighted by molar-refractivity contribution is 0.662. The Labute approximate surface area is 127 Å². The number of H-pyrrole nitrogens is 1. The quantitative estimate of drug-likeness (QED) is 0.787. The van der Waals surface area contributed by atoms with Crippen LogP contribution in [0.4, 0.5) is 0 Å². The van der Waals surface area contributed by atoms with Gasteiger partial charge in [0.15, 0.2) is 0 Å². The zero-order chi connectivity index (χ0) is 14.7. The molecule has 0 aliphatic rings. The lowest BCUT2D eigenvalue weighted by Crippen LogP contribution is -2.20. The number of hydrogen-bond donors (Lipinski definition) is 1. The lowest BCUT2D eigenvalue weighted by Gasteiger charge is -2.02. The van der Waals surface area contributed by atoms with Crippen LogP contribution in [-0.4, -0.2) is 9.78 Å². The Morgan fingerprint density at radius 3 is 2.38 bits per heavy atom. The van der Waals surface area contributed by atoms with E-state index in [-0.39, 0.29) is 5.56 Å². The predicted molar refractivity (Wildman–Crippen MR) is 84.9 cm³/mol. The average molecular weight is 299 g/mol. The van der Waals surface area contributed by atoms with E-state index in [0.29, 0.717) is 18.0 Å². The topological polar surface area (TPSA) is 37.8 Å². The fourth-order valence-corrected chi connectivity index (χ4v) is 2.41. The molecule has 4 heteroatoms. The van der Waals surface area contributed by atoms with Crippen molar-refractivity contribution in [3.8, 4) is 0 Å². The van der Waals surface area contributed by atoms with Crippen LogP contribution in [-0.2, 0) is 13.0 Å². The van der Waals surface area contributed by atoms with Crippen LogP contribution >= 0.6 is 11.6 Å².